The molecule has 1 unspecified atom stereocenters. The Bertz CT molecular complexity index is 189. The summed E-state index contributed by atoms with van der Waals surface area (Å²) in [5, 5.41) is 0. The first-order valence-electron chi connectivity index (χ1n) is 5.90. The van der Waals surface area contributed by atoms with E-state index in [9.17, 15) is 0 Å². The van der Waals surface area contributed by atoms with Gasteiger partial charge in [0, 0.05) is 31.4 Å². The molecule has 2 rings (SSSR count). The number of rotatable bonds is 0. The van der Waals surface area contributed by atoms with Crippen molar-refractivity contribution < 1.29 is 0 Å². The minimum atomic E-state index is 0.769. The number of hydrogen-bond acceptors (Lipinski definition) is 2. The van der Waals surface area contributed by atoms with E-state index in [4.69, 9.17) is 0 Å². The number of piperazine rings is 1. The number of nitrogens with zero attached hydrogens (tertiary/aromatic N) is 2. The lowest BCUT2D eigenvalue weighted by Gasteiger charge is -2.45. The Hall–Kier alpha value is -0.500. The molecular formula is C12H24N2. The summed E-state index contributed by atoms with van der Waals surface area (Å²) in [5.74, 6) is 0. The fourth-order valence-corrected chi connectivity index (χ4v) is 2.36. The molecule has 0 aromatic carbocycles. The van der Waals surface area contributed by atoms with E-state index in [-0.39, 0.29) is 0 Å². The third-order valence-electron chi connectivity index (χ3n) is 3.09. The fourth-order valence-electron chi connectivity index (χ4n) is 2.36. The summed E-state index contributed by atoms with van der Waals surface area (Å²) < 4.78 is 0. The van der Waals surface area contributed by atoms with E-state index >= 15 is 0 Å². The molecule has 0 amide bonds. The molecule has 0 radical (unpaired) electrons. The Kier molecular flexibility index (Phi) is 4.46. The molecule has 2 saturated heterocycles. The predicted molar refractivity (Wildman–Crippen MR) is 62.3 cm³/mol. The minimum Gasteiger partial charge on any atom is -0.370 e. The molecule has 14 heavy (non-hydrogen) atoms. The van der Waals surface area contributed by atoms with Gasteiger partial charge in [-0.15, -0.1) is 0 Å². The smallest absolute Gasteiger partial charge is 0.0414 e. The van der Waals surface area contributed by atoms with Gasteiger partial charge in [0.15, 0.2) is 0 Å². The fraction of sp³-hybridized carbons (Fsp3) is 0.833. The van der Waals surface area contributed by atoms with Gasteiger partial charge in [-0.05, 0) is 26.3 Å². The molecule has 0 bridgehead atoms. The van der Waals surface area contributed by atoms with Crippen LogP contribution < -0.4 is 0 Å². The van der Waals surface area contributed by atoms with E-state index in [0.717, 1.165) is 6.04 Å². The zero-order valence-corrected chi connectivity index (χ0v) is 9.92. The highest BCUT2D eigenvalue weighted by molar-refractivity contribution is 5.03. The standard InChI is InChI=1S/C10H18N2.C2H6/c1-9-4-3-5-10-8-11(2)6-7-12(9)10;1-2/h10H,1,3-8H2,2H3;1-2H3. The molecule has 0 spiro atoms. The van der Waals surface area contributed by atoms with E-state index < -0.39 is 0 Å². The lowest BCUT2D eigenvalue weighted by atomic mass is 9.98. The second-order valence-electron chi connectivity index (χ2n) is 4.07. The van der Waals surface area contributed by atoms with Gasteiger partial charge in [-0.2, -0.15) is 0 Å². The van der Waals surface area contributed by atoms with Crippen LogP contribution in [0.2, 0.25) is 0 Å². The third-order valence-corrected chi connectivity index (χ3v) is 3.09. The average Bonchev–Trinajstić information content (AvgIpc) is 2.21. The van der Waals surface area contributed by atoms with Gasteiger partial charge in [0.2, 0.25) is 0 Å². The average molecular weight is 196 g/mol. The highest BCUT2D eigenvalue weighted by atomic mass is 15.3. The van der Waals surface area contributed by atoms with Gasteiger partial charge in [-0.1, -0.05) is 20.4 Å². The number of allylic oxidation sites excluding steroid dienone is 1. The molecule has 2 heteroatoms. The normalized spacial score (nSPS) is 27.8. The van der Waals surface area contributed by atoms with E-state index in [1.54, 1.807) is 0 Å². The molecule has 2 nitrogen and oxygen atoms in total. The molecule has 2 aliphatic rings. The molecule has 0 saturated carbocycles. The second-order valence-corrected chi connectivity index (χ2v) is 4.07. The van der Waals surface area contributed by atoms with Crippen molar-refractivity contribution in [1.29, 1.82) is 0 Å². The summed E-state index contributed by atoms with van der Waals surface area (Å²) in [7, 11) is 2.22. The van der Waals surface area contributed by atoms with Crippen LogP contribution in [0.3, 0.4) is 0 Å². The van der Waals surface area contributed by atoms with Crippen molar-refractivity contribution in [3.63, 3.8) is 0 Å². The largest absolute Gasteiger partial charge is 0.370 e. The lowest BCUT2D eigenvalue weighted by molar-refractivity contribution is 0.0945. The van der Waals surface area contributed by atoms with Gasteiger partial charge in [0.05, 0.1) is 0 Å². The minimum absolute atomic E-state index is 0.769. The van der Waals surface area contributed by atoms with Crippen LogP contribution in [0.5, 0.6) is 0 Å². The summed E-state index contributed by atoms with van der Waals surface area (Å²) in [6.07, 6.45) is 3.93. The van der Waals surface area contributed by atoms with E-state index in [1.807, 2.05) is 13.8 Å². The number of likely N-dealkylation sites (N-methyl/N-ethyl adjacent to an activating group) is 1. The molecule has 0 aromatic heterocycles. The Balaban J connectivity index is 0.000000461. The van der Waals surface area contributed by atoms with Crippen LogP contribution in [0.4, 0.5) is 0 Å². The van der Waals surface area contributed by atoms with Crippen molar-refractivity contribution in [2.24, 2.45) is 0 Å². The molecule has 2 heterocycles. The second kappa shape index (κ2) is 5.40. The van der Waals surface area contributed by atoms with Gasteiger partial charge in [-0.25, -0.2) is 0 Å². The van der Waals surface area contributed by atoms with Crippen LogP contribution in [0, 0.1) is 0 Å². The maximum Gasteiger partial charge on any atom is 0.0414 e. The van der Waals surface area contributed by atoms with Crippen molar-refractivity contribution in [3.05, 3.63) is 12.3 Å². The Morgan fingerprint density at radius 3 is 2.71 bits per heavy atom. The number of piperidine rings is 1. The van der Waals surface area contributed by atoms with E-state index in [0.29, 0.717) is 0 Å². The summed E-state index contributed by atoms with van der Waals surface area (Å²) in [5.41, 5.74) is 1.37. The summed E-state index contributed by atoms with van der Waals surface area (Å²) in [6, 6.07) is 0.769. The van der Waals surface area contributed by atoms with Crippen LogP contribution in [0.25, 0.3) is 0 Å². The first kappa shape index (κ1) is 11.6. The third kappa shape index (κ3) is 2.50. The zero-order valence-electron chi connectivity index (χ0n) is 9.92. The summed E-state index contributed by atoms with van der Waals surface area (Å²) in [6.45, 7) is 11.8. The molecular weight excluding hydrogens is 172 g/mol. The van der Waals surface area contributed by atoms with Crippen LogP contribution >= 0.6 is 0 Å². The predicted octanol–water partition coefficient (Wildman–Crippen LogP) is 2.33. The highest BCUT2D eigenvalue weighted by Crippen LogP contribution is 2.26. The maximum atomic E-state index is 4.13. The van der Waals surface area contributed by atoms with Crippen LogP contribution in [0.15, 0.2) is 12.3 Å². The summed E-state index contributed by atoms with van der Waals surface area (Å²) in [4.78, 5) is 4.95. The SMILES string of the molecule is C=C1CCCC2CN(C)CCN12.CC. The monoisotopic (exact) mass is 196 g/mol. The van der Waals surface area contributed by atoms with Gasteiger partial charge < -0.3 is 9.80 Å². The zero-order chi connectivity index (χ0) is 10.6. The van der Waals surface area contributed by atoms with Gasteiger partial charge >= 0.3 is 0 Å². The first-order chi connectivity index (χ1) is 6.77. The topological polar surface area (TPSA) is 6.48 Å². The van der Waals surface area contributed by atoms with Gasteiger partial charge in [0.25, 0.3) is 0 Å². The van der Waals surface area contributed by atoms with Gasteiger partial charge in [-0.3, -0.25) is 0 Å². The summed E-state index contributed by atoms with van der Waals surface area (Å²) >= 11 is 0. The van der Waals surface area contributed by atoms with Crippen molar-refractivity contribution >= 4 is 0 Å². The maximum absolute atomic E-state index is 4.13. The van der Waals surface area contributed by atoms with Crippen LogP contribution in [-0.2, 0) is 0 Å². The molecule has 2 fully saturated rings. The van der Waals surface area contributed by atoms with Crippen LogP contribution in [-0.4, -0.2) is 42.5 Å². The van der Waals surface area contributed by atoms with Crippen molar-refractivity contribution in [2.45, 2.75) is 39.2 Å². The molecule has 2 aliphatic heterocycles. The quantitative estimate of drug-likeness (QED) is 0.586. The van der Waals surface area contributed by atoms with Crippen LogP contribution in [0.1, 0.15) is 33.1 Å². The number of fused-ring (bicyclic) bond motifs is 1. The van der Waals surface area contributed by atoms with Crippen molar-refractivity contribution in [3.8, 4) is 0 Å². The van der Waals surface area contributed by atoms with E-state index in [1.165, 1.54) is 44.6 Å². The lowest BCUT2D eigenvalue weighted by Crippen LogP contribution is -2.52. The Morgan fingerprint density at radius 1 is 1.29 bits per heavy atom. The molecule has 0 aromatic rings. The molecule has 0 aliphatic carbocycles. The Labute approximate surface area is 88.6 Å². The molecule has 82 valence electrons. The first-order valence-corrected chi connectivity index (χ1v) is 5.90. The Morgan fingerprint density at radius 2 is 2.00 bits per heavy atom. The van der Waals surface area contributed by atoms with Crippen molar-refractivity contribution in [1.82, 2.24) is 9.80 Å². The van der Waals surface area contributed by atoms with Crippen molar-refractivity contribution in [2.75, 3.05) is 26.7 Å². The number of hydrogen-bond donors (Lipinski definition) is 0. The highest BCUT2D eigenvalue weighted by Gasteiger charge is 2.28. The molecule has 0 N–H and O–H groups in total. The van der Waals surface area contributed by atoms with Gasteiger partial charge in [0.1, 0.15) is 0 Å². The molecule has 1 atom stereocenters. The van der Waals surface area contributed by atoms with E-state index in [2.05, 4.69) is 23.4 Å².